The van der Waals surface area contributed by atoms with Gasteiger partial charge in [-0.2, -0.15) is 23.5 Å². The zero-order valence-corrected chi connectivity index (χ0v) is 14.6. The molecule has 6 heteroatoms. The van der Waals surface area contributed by atoms with Crippen LogP contribution in [-0.2, 0) is 0 Å². The Morgan fingerprint density at radius 1 is 1.19 bits per heavy atom. The number of nitrogens with one attached hydrogen (secondary N) is 1. The Hall–Kier alpha value is -0.560. The predicted molar refractivity (Wildman–Crippen MR) is 92.4 cm³/mol. The summed E-state index contributed by atoms with van der Waals surface area (Å²) in [6, 6.07) is 5.84. The summed E-state index contributed by atoms with van der Waals surface area (Å²) < 4.78 is 11.0. The fourth-order valence-electron chi connectivity index (χ4n) is 2.55. The molecule has 1 heterocycles. The molecule has 0 radical (unpaired) electrons. The van der Waals surface area contributed by atoms with E-state index in [-0.39, 0.29) is 6.04 Å². The number of thioether (sulfide) groups is 2. The zero-order chi connectivity index (χ0) is 15.4. The second-order valence-electron chi connectivity index (χ2n) is 5.14. The molecule has 4 unspecified atom stereocenters. The van der Waals surface area contributed by atoms with E-state index < -0.39 is 0 Å². The smallest absolute Gasteiger partial charge is 0.127 e. The van der Waals surface area contributed by atoms with Gasteiger partial charge in [0, 0.05) is 21.5 Å². The highest BCUT2D eigenvalue weighted by Gasteiger charge is 2.34. The summed E-state index contributed by atoms with van der Waals surface area (Å²) in [7, 11) is 3.36. The molecule has 1 aromatic carbocycles. The van der Waals surface area contributed by atoms with E-state index in [2.05, 4.69) is 19.3 Å². The lowest BCUT2D eigenvalue weighted by atomic mass is 10.0. The van der Waals surface area contributed by atoms with E-state index in [9.17, 15) is 0 Å². The lowest BCUT2D eigenvalue weighted by Gasteiger charge is -2.36. The molecule has 1 aromatic rings. The molecule has 0 saturated carbocycles. The van der Waals surface area contributed by atoms with Crippen LogP contribution in [0.2, 0.25) is 0 Å². The number of methoxy groups -OCH3 is 2. The van der Waals surface area contributed by atoms with E-state index >= 15 is 0 Å². The first-order valence-electron chi connectivity index (χ1n) is 7.06. The Morgan fingerprint density at radius 2 is 1.81 bits per heavy atom. The Kier molecular flexibility index (Phi) is 6.10. The number of benzene rings is 1. The molecule has 118 valence electrons. The van der Waals surface area contributed by atoms with Crippen LogP contribution in [-0.4, -0.2) is 35.7 Å². The van der Waals surface area contributed by atoms with Crippen molar-refractivity contribution in [1.82, 2.24) is 5.43 Å². The summed E-state index contributed by atoms with van der Waals surface area (Å²) in [5.74, 6) is 8.57. The van der Waals surface area contributed by atoms with Crippen LogP contribution >= 0.6 is 23.5 Å². The van der Waals surface area contributed by atoms with E-state index in [1.165, 1.54) is 0 Å². The van der Waals surface area contributed by atoms with Crippen molar-refractivity contribution in [2.45, 2.75) is 35.6 Å². The number of nitrogens with two attached hydrogens (primary N) is 1. The van der Waals surface area contributed by atoms with Gasteiger partial charge in [-0.3, -0.25) is 11.3 Å². The van der Waals surface area contributed by atoms with E-state index in [0.717, 1.165) is 22.8 Å². The van der Waals surface area contributed by atoms with Gasteiger partial charge in [-0.05, 0) is 12.1 Å². The lowest BCUT2D eigenvalue weighted by Crippen LogP contribution is -2.40. The Bertz CT molecular complexity index is 451. The standard InChI is InChI=1S/C15H24N2O2S2/c1-9-10(2)21-13(8-20-9)15(17-16)14-11(18-3)6-5-7-12(14)19-4/h5-7,9-10,13,15,17H,8,16H2,1-4H3. The number of ether oxygens (including phenoxy) is 2. The molecule has 0 aromatic heterocycles. The van der Waals surface area contributed by atoms with E-state index in [1.807, 2.05) is 41.7 Å². The minimum absolute atomic E-state index is 0.00329. The van der Waals surface area contributed by atoms with E-state index in [0.29, 0.717) is 15.7 Å². The molecule has 4 atom stereocenters. The first kappa shape index (κ1) is 16.8. The molecule has 0 bridgehead atoms. The third kappa shape index (κ3) is 3.62. The highest BCUT2D eigenvalue weighted by Crippen LogP contribution is 2.44. The molecule has 21 heavy (non-hydrogen) atoms. The average molecular weight is 329 g/mol. The Labute approximate surface area is 135 Å². The van der Waals surface area contributed by atoms with Gasteiger partial charge in [0.1, 0.15) is 11.5 Å². The third-order valence-electron chi connectivity index (χ3n) is 3.90. The van der Waals surface area contributed by atoms with Crippen molar-refractivity contribution >= 4 is 23.5 Å². The van der Waals surface area contributed by atoms with Crippen LogP contribution in [0.25, 0.3) is 0 Å². The maximum atomic E-state index is 5.88. The predicted octanol–water partition coefficient (Wildman–Crippen LogP) is 2.83. The zero-order valence-electron chi connectivity index (χ0n) is 13.0. The van der Waals surface area contributed by atoms with Gasteiger partial charge >= 0.3 is 0 Å². The normalized spacial score (nSPS) is 27.2. The topological polar surface area (TPSA) is 56.5 Å². The van der Waals surface area contributed by atoms with Crippen LogP contribution < -0.4 is 20.7 Å². The molecule has 1 aliphatic rings. The maximum Gasteiger partial charge on any atom is 0.127 e. The fraction of sp³-hybridized carbons (Fsp3) is 0.600. The van der Waals surface area contributed by atoms with Gasteiger partial charge in [0.05, 0.1) is 25.8 Å². The second kappa shape index (κ2) is 7.63. The molecule has 2 rings (SSSR count). The van der Waals surface area contributed by atoms with E-state index in [4.69, 9.17) is 15.3 Å². The van der Waals surface area contributed by atoms with Gasteiger partial charge < -0.3 is 9.47 Å². The van der Waals surface area contributed by atoms with Crippen molar-refractivity contribution < 1.29 is 9.47 Å². The van der Waals surface area contributed by atoms with Crippen molar-refractivity contribution in [1.29, 1.82) is 0 Å². The van der Waals surface area contributed by atoms with Crippen LogP contribution in [0.4, 0.5) is 0 Å². The molecule has 1 aliphatic heterocycles. The molecule has 1 fully saturated rings. The SMILES string of the molecule is COc1cccc(OC)c1C(NN)C1CSC(C)C(C)S1. The minimum Gasteiger partial charge on any atom is -0.496 e. The first-order valence-corrected chi connectivity index (χ1v) is 9.05. The van der Waals surface area contributed by atoms with Crippen LogP contribution in [0.15, 0.2) is 18.2 Å². The first-order chi connectivity index (χ1) is 10.1. The van der Waals surface area contributed by atoms with Gasteiger partial charge in [-0.25, -0.2) is 0 Å². The summed E-state index contributed by atoms with van der Waals surface area (Å²) in [4.78, 5) is 0. The summed E-state index contributed by atoms with van der Waals surface area (Å²) in [5, 5.41) is 1.66. The van der Waals surface area contributed by atoms with Crippen LogP contribution in [0.5, 0.6) is 11.5 Å². The minimum atomic E-state index is 0.00329. The van der Waals surface area contributed by atoms with Crippen molar-refractivity contribution in [3.63, 3.8) is 0 Å². The van der Waals surface area contributed by atoms with Crippen molar-refractivity contribution in [2.75, 3.05) is 20.0 Å². The van der Waals surface area contributed by atoms with Gasteiger partial charge in [-0.15, -0.1) is 0 Å². The van der Waals surface area contributed by atoms with Crippen LogP contribution in [0.3, 0.4) is 0 Å². The molecule has 4 nitrogen and oxygen atoms in total. The summed E-state index contributed by atoms with van der Waals surface area (Å²) in [5.41, 5.74) is 3.98. The summed E-state index contributed by atoms with van der Waals surface area (Å²) in [6.07, 6.45) is 0. The van der Waals surface area contributed by atoms with Crippen LogP contribution in [0, 0.1) is 0 Å². The Balaban J connectivity index is 2.33. The third-order valence-corrected chi connectivity index (χ3v) is 7.40. The molecular formula is C15H24N2O2S2. The molecule has 0 aliphatic carbocycles. The number of hydrogen-bond acceptors (Lipinski definition) is 6. The van der Waals surface area contributed by atoms with Crippen LogP contribution in [0.1, 0.15) is 25.5 Å². The highest BCUT2D eigenvalue weighted by atomic mass is 32.2. The van der Waals surface area contributed by atoms with Crippen molar-refractivity contribution in [3.8, 4) is 11.5 Å². The van der Waals surface area contributed by atoms with Gasteiger partial charge in [-0.1, -0.05) is 19.9 Å². The Morgan fingerprint density at radius 3 is 2.29 bits per heavy atom. The quantitative estimate of drug-likeness (QED) is 0.640. The molecule has 0 spiro atoms. The summed E-state index contributed by atoms with van der Waals surface area (Å²) in [6.45, 7) is 4.56. The van der Waals surface area contributed by atoms with Crippen molar-refractivity contribution in [3.05, 3.63) is 23.8 Å². The monoisotopic (exact) mass is 328 g/mol. The van der Waals surface area contributed by atoms with Gasteiger partial charge in [0.15, 0.2) is 0 Å². The highest BCUT2D eigenvalue weighted by molar-refractivity contribution is 8.07. The molecule has 1 saturated heterocycles. The lowest BCUT2D eigenvalue weighted by molar-refractivity contribution is 0.370. The van der Waals surface area contributed by atoms with Crippen molar-refractivity contribution in [2.24, 2.45) is 5.84 Å². The molecule has 0 amide bonds. The van der Waals surface area contributed by atoms with Gasteiger partial charge in [0.25, 0.3) is 0 Å². The largest absolute Gasteiger partial charge is 0.496 e. The number of hydrogen-bond donors (Lipinski definition) is 2. The molecule has 3 N–H and O–H groups in total. The average Bonchev–Trinajstić information content (AvgIpc) is 2.51. The number of rotatable bonds is 5. The summed E-state index contributed by atoms with van der Waals surface area (Å²) >= 11 is 3.99. The maximum absolute atomic E-state index is 5.88. The van der Waals surface area contributed by atoms with E-state index in [1.54, 1.807) is 14.2 Å². The molecular weight excluding hydrogens is 304 g/mol. The fourth-order valence-corrected chi connectivity index (χ4v) is 5.62. The van der Waals surface area contributed by atoms with Gasteiger partial charge in [0.2, 0.25) is 0 Å². The second-order valence-corrected chi connectivity index (χ2v) is 8.17. The number of hydrazine groups is 1.